The van der Waals surface area contributed by atoms with E-state index in [1.54, 1.807) is 18.2 Å². The Bertz CT molecular complexity index is 802. The van der Waals surface area contributed by atoms with Crippen LogP contribution in [0.25, 0.3) is 21.8 Å². The van der Waals surface area contributed by atoms with Crippen LogP contribution in [0.15, 0.2) is 55.1 Å². The zero-order valence-corrected chi connectivity index (χ0v) is 10.2. The Morgan fingerprint density at radius 3 is 2.63 bits per heavy atom. The number of fused-ring (bicyclic) bond motifs is 3. The maximum Gasteiger partial charge on any atom is 0.270 e. The molecule has 0 fully saturated rings. The van der Waals surface area contributed by atoms with Crippen LogP contribution in [0.3, 0.4) is 0 Å². The quantitative estimate of drug-likeness (QED) is 0.403. The van der Waals surface area contributed by atoms with Crippen molar-refractivity contribution in [1.82, 2.24) is 4.57 Å². The molecule has 4 heteroatoms. The lowest BCUT2D eigenvalue weighted by atomic mass is 10.1. The van der Waals surface area contributed by atoms with E-state index in [9.17, 15) is 10.1 Å². The normalized spacial score (nSPS) is 10.9. The highest BCUT2D eigenvalue weighted by atomic mass is 16.6. The topological polar surface area (TPSA) is 48.1 Å². The van der Waals surface area contributed by atoms with E-state index >= 15 is 0 Å². The second kappa shape index (κ2) is 4.24. The highest BCUT2D eigenvalue weighted by Gasteiger charge is 2.13. The average molecular weight is 252 g/mol. The fourth-order valence-electron chi connectivity index (χ4n) is 2.48. The molecular weight excluding hydrogens is 240 g/mol. The molecule has 0 bridgehead atoms. The summed E-state index contributed by atoms with van der Waals surface area (Å²) in [5, 5.41) is 12.8. The van der Waals surface area contributed by atoms with Gasteiger partial charge in [-0.15, -0.1) is 6.58 Å². The molecule has 0 aliphatic carbocycles. The minimum atomic E-state index is -0.362. The van der Waals surface area contributed by atoms with E-state index in [4.69, 9.17) is 0 Å². The van der Waals surface area contributed by atoms with E-state index in [0.717, 1.165) is 21.8 Å². The number of allylic oxidation sites excluding steroid dienone is 1. The molecule has 0 N–H and O–H groups in total. The molecule has 1 heterocycles. The fourth-order valence-corrected chi connectivity index (χ4v) is 2.48. The lowest BCUT2D eigenvalue weighted by Crippen LogP contribution is -1.94. The summed E-state index contributed by atoms with van der Waals surface area (Å²) in [5.41, 5.74) is 2.18. The minimum Gasteiger partial charge on any atom is -0.337 e. The van der Waals surface area contributed by atoms with Crippen LogP contribution in [0.1, 0.15) is 0 Å². The molecule has 0 saturated carbocycles. The number of hydrogen-bond acceptors (Lipinski definition) is 2. The van der Waals surface area contributed by atoms with Crippen LogP contribution in [-0.2, 0) is 6.54 Å². The van der Waals surface area contributed by atoms with Gasteiger partial charge in [-0.05, 0) is 12.1 Å². The summed E-state index contributed by atoms with van der Waals surface area (Å²) >= 11 is 0. The summed E-state index contributed by atoms with van der Waals surface area (Å²) in [7, 11) is 0. The summed E-state index contributed by atoms with van der Waals surface area (Å²) in [6, 6.07) is 12.9. The van der Waals surface area contributed by atoms with Gasteiger partial charge in [-0.3, -0.25) is 10.1 Å². The van der Waals surface area contributed by atoms with Crippen LogP contribution in [0.4, 0.5) is 5.69 Å². The number of aromatic nitrogens is 1. The molecule has 3 rings (SSSR count). The molecule has 3 aromatic rings. The summed E-state index contributed by atoms with van der Waals surface area (Å²) in [6.07, 6.45) is 1.83. The summed E-state index contributed by atoms with van der Waals surface area (Å²) in [6.45, 7) is 4.45. The molecule has 4 nitrogen and oxygen atoms in total. The van der Waals surface area contributed by atoms with Crippen LogP contribution < -0.4 is 0 Å². The van der Waals surface area contributed by atoms with E-state index in [2.05, 4.69) is 11.1 Å². The molecular formula is C15H12N2O2. The highest BCUT2D eigenvalue weighted by molar-refractivity contribution is 6.08. The average Bonchev–Trinajstić information content (AvgIpc) is 2.74. The Kier molecular flexibility index (Phi) is 2.56. The Balaban J connectivity index is 2.45. The van der Waals surface area contributed by atoms with Gasteiger partial charge >= 0.3 is 0 Å². The van der Waals surface area contributed by atoms with Gasteiger partial charge in [0.1, 0.15) is 0 Å². The lowest BCUT2D eigenvalue weighted by molar-refractivity contribution is -0.384. The number of nitrogens with zero attached hydrogens (tertiary/aromatic N) is 2. The van der Waals surface area contributed by atoms with Gasteiger partial charge in [0, 0.05) is 40.5 Å². The number of non-ortho nitro benzene ring substituents is 1. The molecule has 0 atom stereocenters. The van der Waals surface area contributed by atoms with Gasteiger partial charge in [0.25, 0.3) is 5.69 Å². The minimum absolute atomic E-state index is 0.119. The van der Waals surface area contributed by atoms with Crippen LogP contribution in [0.5, 0.6) is 0 Å². The van der Waals surface area contributed by atoms with Crippen molar-refractivity contribution in [2.75, 3.05) is 0 Å². The van der Waals surface area contributed by atoms with E-state index in [-0.39, 0.29) is 10.6 Å². The third-order valence-electron chi connectivity index (χ3n) is 3.28. The molecule has 19 heavy (non-hydrogen) atoms. The lowest BCUT2D eigenvalue weighted by Gasteiger charge is -2.02. The van der Waals surface area contributed by atoms with Crippen molar-refractivity contribution in [1.29, 1.82) is 0 Å². The summed E-state index contributed by atoms with van der Waals surface area (Å²) in [5.74, 6) is 0. The molecule has 0 spiro atoms. The Hall–Kier alpha value is -2.62. The fraction of sp³-hybridized carbons (Fsp3) is 0.0667. The number of rotatable bonds is 3. The van der Waals surface area contributed by atoms with Crippen LogP contribution in [0.2, 0.25) is 0 Å². The maximum atomic E-state index is 10.9. The largest absolute Gasteiger partial charge is 0.337 e. The maximum absolute atomic E-state index is 10.9. The van der Waals surface area contributed by atoms with Gasteiger partial charge < -0.3 is 4.57 Å². The van der Waals surface area contributed by atoms with Crippen molar-refractivity contribution in [3.8, 4) is 0 Å². The van der Waals surface area contributed by atoms with Crippen LogP contribution in [0, 0.1) is 10.1 Å². The first-order valence-corrected chi connectivity index (χ1v) is 5.98. The molecule has 2 aromatic carbocycles. The Labute approximate surface area is 109 Å². The van der Waals surface area contributed by atoms with Gasteiger partial charge in [0.15, 0.2) is 0 Å². The van der Waals surface area contributed by atoms with Crippen LogP contribution >= 0.6 is 0 Å². The van der Waals surface area contributed by atoms with Crippen molar-refractivity contribution < 1.29 is 4.92 Å². The molecule has 0 aliphatic rings. The van der Waals surface area contributed by atoms with Crippen molar-refractivity contribution >= 4 is 27.5 Å². The van der Waals surface area contributed by atoms with Gasteiger partial charge in [0.2, 0.25) is 0 Å². The Morgan fingerprint density at radius 1 is 1.16 bits per heavy atom. The molecule has 94 valence electrons. The zero-order valence-electron chi connectivity index (χ0n) is 10.2. The first-order chi connectivity index (χ1) is 9.22. The van der Waals surface area contributed by atoms with Gasteiger partial charge in [-0.25, -0.2) is 0 Å². The van der Waals surface area contributed by atoms with Crippen molar-refractivity contribution in [2.45, 2.75) is 6.54 Å². The monoisotopic (exact) mass is 252 g/mol. The number of hydrogen-bond donors (Lipinski definition) is 0. The van der Waals surface area contributed by atoms with E-state index < -0.39 is 0 Å². The van der Waals surface area contributed by atoms with Crippen molar-refractivity contribution in [3.05, 3.63) is 65.2 Å². The van der Waals surface area contributed by atoms with Crippen molar-refractivity contribution in [2.24, 2.45) is 0 Å². The first kappa shape index (κ1) is 11.5. The second-order valence-electron chi connectivity index (χ2n) is 4.37. The summed E-state index contributed by atoms with van der Waals surface area (Å²) < 4.78 is 2.11. The van der Waals surface area contributed by atoms with Gasteiger partial charge in [0.05, 0.1) is 4.92 Å². The van der Waals surface area contributed by atoms with Crippen molar-refractivity contribution in [3.63, 3.8) is 0 Å². The summed E-state index contributed by atoms with van der Waals surface area (Å²) in [4.78, 5) is 10.5. The predicted octanol–water partition coefficient (Wildman–Crippen LogP) is 3.89. The second-order valence-corrected chi connectivity index (χ2v) is 4.37. The van der Waals surface area contributed by atoms with E-state index in [1.165, 1.54) is 0 Å². The third kappa shape index (κ3) is 1.69. The smallest absolute Gasteiger partial charge is 0.270 e. The van der Waals surface area contributed by atoms with Gasteiger partial charge in [-0.2, -0.15) is 0 Å². The van der Waals surface area contributed by atoms with Gasteiger partial charge in [-0.1, -0.05) is 24.3 Å². The number of benzene rings is 2. The molecule has 0 amide bonds. The highest BCUT2D eigenvalue weighted by Crippen LogP contribution is 2.31. The molecule has 0 unspecified atom stereocenters. The molecule has 0 saturated heterocycles. The standard InChI is InChI=1S/C15H12N2O2/c1-2-9-16-14-6-4-3-5-12(14)13-10-11(17(18)19)7-8-15(13)16/h2-8,10H,1,9H2. The predicted molar refractivity (Wildman–Crippen MR) is 76.3 cm³/mol. The SMILES string of the molecule is C=CCn1c2ccccc2c2cc([N+](=O)[O-])ccc21. The number of nitro benzene ring substituents is 1. The molecule has 0 radical (unpaired) electrons. The Morgan fingerprint density at radius 2 is 1.89 bits per heavy atom. The zero-order chi connectivity index (χ0) is 13.4. The van der Waals surface area contributed by atoms with E-state index in [1.807, 2.05) is 30.3 Å². The van der Waals surface area contributed by atoms with Crippen LogP contribution in [-0.4, -0.2) is 9.49 Å². The van der Waals surface area contributed by atoms with E-state index in [0.29, 0.717) is 6.54 Å². The number of para-hydroxylation sites is 1. The third-order valence-corrected chi connectivity index (χ3v) is 3.28. The number of nitro groups is 1. The molecule has 1 aromatic heterocycles. The molecule has 0 aliphatic heterocycles. The first-order valence-electron chi connectivity index (χ1n) is 5.98.